The molecule has 2 rings (SSSR count). The quantitative estimate of drug-likeness (QED) is 0.873. The molecule has 0 bridgehead atoms. The summed E-state index contributed by atoms with van der Waals surface area (Å²) >= 11 is 0. The van der Waals surface area contributed by atoms with E-state index in [1.54, 1.807) is 7.05 Å². The van der Waals surface area contributed by atoms with E-state index in [4.69, 9.17) is 5.73 Å². The van der Waals surface area contributed by atoms with E-state index in [2.05, 4.69) is 17.3 Å². The van der Waals surface area contributed by atoms with Crippen LogP contribution in [0.1, 0.15) is 49.4 Å². The molecular formula is C14H24N4O. The monoisotopic (exact) mass is 264 g/mol. The van der Waals surface area contributed by atoms with Crippen LogP contribution < -0.4 is 11.1 Å². The van der Waals surface area contributed by atoms with Crippen LogP contribution >= 0.6 is 0 Å². The number of aryl methyl sites for hydroxylation is 1. The number of carbonyl (C=O) groups excluding carboxylic acids is 1. The van der Waals surface area contributed by atoms with Crippen LogP contribution in [0.25, 0.3) is 0 Å². The summed E-state index contributed by atoms with van der Waals surface area (Å²) in [6, 6.07) is 0. The van der Waals surface area contributed by atoms with Crippen LogP contribution in [-0.2, 0) is 7.05 Å². The largest absolute Gasteiger partial charge is 0.383 e. The third-order valence-corrected chi connectivity index (χ3v) is 4.20. The molecule has 0 spiro atoms. The van der Waals surface area contributed by atoms with Crippen molar-refractivity contribution in [2.24, 2.45) is 18.9 Å². The van der Waals surface area contributed by atoms with Crippen molar-refractivity contribution in [2.75, 3.05) is 12.3 Å². The van der Waals surface area contributed by atoms with Crippen molar-refractivity contribution in [3.8, 4) is 0 Å². The highest BCUT2D eigenvalue weighted by Crippen LogP contribution is 2.29. The van der Waals surface area contributed by atoms with Gasteiger partial charge in [0.2, 0.25) is 0 Å². The van der Waals surface area contributed by atoms with E-state index in [1.807, 2.05) is 0 Å². The van der Waals surface area contributed by atoms with E-state index in [0.29, 0.717) is 11.4 Å². The van der Waals surface area contributed by atoms with Gasteiger partial charge < -0.3 is 11.1 Å². The van der Waals surface area contributed by atoms with Gasteiger partial charge in [-0.15, -0.1) is 0 Å². The van der Waals surface area contributed by atoms with Gasteiger partial charge in [-0.3, -0.25) is 9.48 Å². The minimum Gasteiger partial charge on any atom is -0.383 e. The van der Waals surface area contributed by atoms with Crippen molar-refractivity contribution < 1.29 is 4.79 Å². The van der Waals surface area contributed by atoms with Crippen molar-refractivity contribution in [1.29, 1.82) is 0 Å². The summed E-state index contributed by atoms with van der Waals surface area (Å²) in [6.45, 7) is 3.05. The summed E-state index contributed by atoms with van der Waals surface area (Å²) in [4.78, 5) is 11.9. The number of amides is 1. The van der Waals surface area contributed by atoms with Gasteiger partial charge >= 0.3 is 0 Å². The van der Waals surface area contributed by atoms with E-state index >= 15 is 0 Å². The normalized spacial score (nSPS) is 23.3. The molecule has 1 aromatic heterocycles. The first-order chi connectivity index (χ1) is 9.08. The second-order valence-corrected chi connectivity index (χ2v) is 5.74. The number of rotatable bonds is 4. The number of nitrogens with one attached hydrogen (secondary N) is 1. The fourth-order valence-electron chi connectivity index (χ4n) is 2.72. The van der Waals surface area contributed by atoms with Crippen molar-refractivity contribution in [2.45, 2.75) is 39.0 Å². The number of nitrogens with zero attached hydrogens (tertiary/aromatic N) is 2. The van der Waals surface area contributed by atoms with E-state index in [-0.39, 0.29) is 5.91 Å². The molecule has 1 aliphatic carbocycles. The molecule has 3 N–H and O–H groups in total. The maximum atomic E-state index is 11.9. The molecule has 5 heteroatoms. The first kappa shape index (κ1) is 13.9. The van der Waals surface area contributed by atoms with Crippen LogP contribution in [-0.4, -0.2) is 22.2 Å². The Morgan fingerprint density at radius 3 is 2.74 bits per heavy atom. The first-order valence-electron chi connectivity index (χ1n) is 7.13. The molecule has 106 valence electrons. The van der Waals surface area contributed by atoms with Crippen LogP contribution in [0.2, 0.25) is 0 Å². The van der Waals surface area contributed by atoms with Gasteiger partial charge in [-0.1, -0.05) is 32.6 Å². The molecule has 1 amide bonds. The molecule has 0 saturated heterocycles. The van der Waals surface area contributed by atoms with E-state index in [0.717, 1.165) is 24.8 Å². The van der Waals surface area contributed by atoms with Crippen molar-refractivity contribution in [3.05, 3.63) is 11.8 Å². The molecule has 5 nitrogen and oxygen atoms in total. The average molecular weight is 264 g/mol. The minimum absolute atomic E-state index is 0.116. The predicted octanol–water partition coefficient (Wildman–Crippen LogP) is 1.95. The van der Waals surface area contributed by atoms with Gasteiger partial charge in [-0.05, 0) is 18.3 Å². The Balaban J connectivity index is 1.74. The number of hydrogen-bond acceptors (Lipinski definition) is 3. The molecule has 1 aromatic rings. The fourth-order valence-corrected chi connectivity index (χ4v) is 2.72. The summed E-state index contributed by atoms with van der Waals surface area (Å²) in [5.74, 6) is 1.95. The Hall–Kier alpha value is -1.52. The molecule has 1 heterocycles. The van der Waals surface area contributed by atoms with E-state index < -0.39 is 0 Å². The summed E-state index contributed by atoms with van der Waals surface area (Å²) in [7, 11) is 1.73. The molecule has 0 aliphatic heterocycles. The topological polar surface area (TPSA) is 72.9 Å². The number of nitrogens with two attached hydrogens (primary N) is 1. The van der Waals surface area contributed by atoms with Gasteiger partial charge in [0, 0.05) is 13.6 Å². The molecule has 19 heavy (non-hydrogen) atoms. The Bertz CT molecular complexity index is 433. The lowest BCUT2D eigenvalue weighted by atomic mass is 9.81. The summed E-state index contributed by atoms with van der Waals surface area (Å²) in [5, 5.41) is 6.91. The van der Waals surface area contributed by atoms with Crippen LogP contribution in [0.3, 0.4) is 0 Å². The number of aromatic nitrogens is 2. The van der Waals surface area contributed by atoms with Crippen LogP contribution in [0.15, 0.2) is 6.20 Å². The maximum Gasteiger partial charge on any atom is 0.256 e. The first-order valence-corrected chi connectivity index (χ1v) is 7.13. The molecular weight excluding hydrogens is 240 g/mol. The SMILES string of the molecule is CC1CCC(CCNC(=O)c2cnn(C)c2N)CC1. The zero-order valence-electron chi connectivity index (χ0n) is 11.9. The van der Waals surface area contributed by atoms with Crippen LogP contribution in [0.4, 0.5) is 5.82 Å². The number of nitrogen functional groups attached to an aromatic ring is 1. The average Bonchev–Trinajstić information content (AvgIpc) is 2.72. The Morgan fingerprint density at radius 2 is 2.16 bits per heavy atom. The van der Waals surface area contributed by atoms with Crippen LogP contribution in [0.5, 0.6) is 0 Å². The molecule has 0 atom stereocenters. The molecule has 0 radical (unpaired) electrons. The standard InChI is InChI=1S/C14H24N4O/c1-10-3-5-11(6-4-10)7-8-16-14(19)12-9-17-18(2)13(12)15/h9-11H,3-8,15H2,1-2H3,(H,16,19). The van der Waals surface area contributed by atoms with E-state index in [9.17, 15) is 4.79 Å². The number of anilines is 1. The third kappa shape index (κ3) is 3.49. The molecule has 0 aromatic carbocycles. The second kappa shape index (κ2) is 6.08. The van der Waals surface area contributed by atoms with Gasteiger partial charge in [0.1, 0.15) is 11.4 Å². The van der Waals surface area contributed by atoms with Gasteiger partial charge in [0.05, 0.1) is 6.20 Å². The molecule has 1 aliphatic rings. The van der Waals surface area contributed by atoms with Gasteiger partial charge in [-0.2, -0.15) is 5.10 Å². The lowest BCUT2D eigenvalue weighted by molar-refractivity contribution is 0.0950. The van der Waals surface area contributed by atoms with Gasteiger partial charge in [-0.25, -0.2) is 0 Å². The molecule has 0 unspecified atom stereocenters. The van der Waals surface area contributed by atoms with Gasteiger partial charge in [0.25, 0.3) is 5.91 Å². The van der Waals surface area contributed by atoms with Gasteiger partial charge in [0.15, 0.2) is 0 Å². The summed E-state index contributed by atoms with van der Waals surface area (Å²) in [5.41, 5.74) is 6.24. The summed E-state index contributed by atoms with van der Waals surface area (Å²) < 4.78 is 1.51. The zero-order valence-corrected chi connectivity index (χ0v) is 11.9. The Labute approximate surface area is 114 Å². The zero-order chi connectivity index (χ0) is 13.8. The minimum atomic E-state index is -0.116. The van der Waals surface area contributed by atoms with E-state index in [1.165, 1.54) is 36.6 Å². The third-order valence-electron chi connectivity index (χ3n) is 4.20. The Kier molecular flexibility index (Phi) is 4.45. The Morgan fingerprint density at radius 1 is 1.47 bits per heavy atom. The maximum absolute atomic E-state index is 11.9. The van der Waals surface area contributed by atoms with Crippen molar-refractivity contribution in [3.63, 3.8) is 0 Å². The lowest BCUT2D eigenvalue weighted by Crippen LogP contribution is -2.27. The second-order valence-electron chi connectivity index (χ2n) is 5.74. The van der Waals surface area contributed by atoms with Crippen LogP contribution in [0, 0.1) is 11.8 Å². The number of hydrogen-bond donors (Lipinski definition) is 2. The highest BCUT2D eigenvalue weighted by atomic mass is 16.1. The number of carbonyl (C=O) groups is 1. The predicted molar refractivity (Wildman–Crippen MR) is 75.7 cm³/mol. The summed E-state index contributed by atoms with van der Waals surface area (Å²) in [6.07, 6.45) is 7.84. The highest BCUT2D eigenvalue weighted by molar-refractivity contribution is 5.98. The molecule has 1 fully saturated rings. The fraction of sp³-hybridized carbons (Fsp3) is 0.714. The smallest absolute Gasteiger partial charge is 0.256 e. The van der Waals surface area contributed by atoms with Crippen molar-refractivity contribution >= 4 is 11.7 Å². The molecule has 1 saturated carbocycles. The van der Waals surface area contributed by atoms with Crippen molar-refractivity contribution in [1.82, 2.24) is 15.1 Å². The lowest BCUT2D eigenvalue weighted by Gasteiger charge is -2.26. The highest BCUT2D eigenvalue weighted by Gasteiger charge is 2.18.